The van der Waals surface area contributed by atoms with Crippen molar-refractivity contribution in [3.8, 4) is 0 Å². The number of fused-ring (bicyclic) bond motifs is 1. The van der Waals surface area contributed by atoms with Gasteiger partial charge in [-0.05, 0) is 51.1 Å². The van der Waals surface area contributed by atoms with E-state index in [9.17, 15) is 27.6 Å². The van der Waals surface area contributed by atoms with Crippen molar-refractivity contribution in [1.82, 2.24) is 9.78 Å². The van der Waals surface area contributed by atoms with E-state index in [0.29, 0.717) is 10.9 Å². The van der Waals surface area contributed by atoms with Crippen LogP contribution in [0.3, 0.4) is 0 Å². The Morgan fingerprint density at radius 2 is 1.74 bits per heavy atom. The van der Waals surface area contributed by atoms with Gasteiger partial charge < -0.3 is 10.1 Å². The van der Waals surface area contributed by atoms with Crippen LogP contribution in [-0.2, 0) is 22.3 Å². The first-order valence-corrected chi connectivity index (χ1v) is 10.3. The van der Waals surface area contributed by atoms with E-state index in [1.54, 1.807) is 45.0 Å². The van der Waals surface area contributed by atoms with Crippen LogP contribution in [0.1, 0.15) is 32.8 Å². The monoisotopic (exact) mass is 476 g/mol. The summed E-state index contributed by atoms with van der Waals surface area (Å²) in [6.45, 7) is 4.98. The molecule has 0 spiro atoms. The minimum atomic E-state index is -4.65. The van der Waals surface area contributed by atoms with Gasteiger partial charge in [-0.25, -0.2) is 4.79 Å². The van der Waals surface area contributed by atoms with Crippen LogP contribution in [0.2, 0.25) is 0 Å². The molecule has 1 aromatic heterocycles. The van der Waals surface area contributed by atoms with E-state index in [0.717, 1.165) is 24.4 Å². The molecular formula is C23H23F3N4O4. The predicted octanol–water partition coefficient (Wildman–Crippen LogP) is 4.79. The number of benzene rings is 2. The Morgan fingerprint density at radius 1 is 1.03 bits per heavy atom. The Labute approximate surface area is 192 Å². The quantitative estimate of drug-likeness (QED) is 0.551. The average molecular weight is 476 g/mol. The summed E-state index contributed by atoms with van der Waals surface area (Å²) in [5, 5.41) is 9.22. The van der Waals surface area contributed by atoms with Gasteiger partial charge in [0.2, 0.25) is 11.3 Å². The summed E-state index contributed by atoms with van der Waals surface area (Å²) in [5.74, 6) is -0.615. The summed E-state index contributed by atoms with van der Waals surface area (Å²) in [4.78, 5) is 36.6. The van der Waals surface area contributed by atoms with Crippen molar-refractivity contribution >= 4 is 34.3 Å². The van der Waals surface area contributed by atoms with Crippen LogP contribution in [0.25, 0.3) is 10.9 Å². The van der Waals surface area contributed by atoms with Crippen LogP contribution in [-0.4, -0.2) is 27.4 Å². The normalized spacial score (nSPS) is 11.8. The van der Waals surface area contributed by atoms with Crippen LogP contribution in [0.5, 0.6) is 0 Å². The maximum Gasteiger partial charge on any atom is 0.416 e. The number of nitrogens with one attached hydrogen (secondary N) is 2. The summed E-state index contributed by atoms with van der Waals surface area (Å²) in [7, 11) is 0. The molecule has 0 radical (unpaired) electrons. The molecule has 0 bridgehead atoms. The van der Waals surface area contributed by atoms with E-state index >= 15 is 0 Å². The Kier molecular flexibility index (Phi) is 6.94. The number of hydrogen-bond acceptors (Lipinski definition) is 5. The molecule has 1 heterocycles. The third-order valence-corrected chi connectivity index (χ3v) is 4.57. The van der Waals surface area contributed by atoms with Crippen LogP contribution in [0.4, 0.5) is 29.3 Å². The number of aromatic nitrogens is 2. The number of alkyl halides is 3. The van der Waals surface area contributed by atoms with Crippen molar-refractivity contribution in [3.63, 3.8) is 0 Å². The summed E-state index contributed by atoms with van der Waals surface area (Å²) >= 11 is 0. The minimum Gasteiger partial charge on any atom is -0.444 e. The Bertz CT molecular complexity index is 1280. The highest BCUT2D eigenvalue weighted by atomic mass is 19.4. The topological polar surface area (TPSA) is 102 Å². The van der Waals surface area contributed by atoms with Gasteiger partial charge in [0.05, 0.1) is 35.2 Å². The molecule has 34 heavy (non-hydrogen) atoms. The lowest BCUT2D eigenvalue weighted by molar-refractivity contribution is -0.137. The molecule has 3 aromatic rings. The van der Waals surface area contributed by atoms with Gasteiger partial charge in [-0.2, -0.15) is 18.3 Å². The lowest BCUT2D eigenvalue weighted by Gasteiger charge is -2.21. The molecule has 2 N–H and O–H groups in total. The molecule has 0 unspecified atom stereocenters. The number of anilines is 2. The van der Waals surface area contributed by atoms with Gasteiger partial charge in [0.25, 0.3) is 0 Å². The van der Waals surface area contributed by atoms with Gasteiger partial charge in [-0.1, -0.05) is 12.1 Å². The summed E-state index contributed by atoms with van der Waals surface area (Å²) < 4.78 is 46.2. The highest BCUT2D eigenvalue weighted by Crippen LogP contribution is 2.34. The highest BCUT2D eigenvalue weighted by Gasteiger charge is 2.31. The fourth-order valence-electron chi connectivity index (χ4n) is 3.11. The zero-order valence-corrected chi connectivity index (χ0v) is 18.7. The largest absolute Gasteiger partial charge is 0.444 e. The van der Waals surface area contributed by atoms with Crippen molar-refractivity contribution in [2.75, 3.05) is 10.6 Å². The number of halogens is 3. The Balaban J connectivity index is 1.80. The molecule has 3 rings (SSSR count). The first-order valence-electron chi connectivity index (χ1n) is 10.3. The molecule has 0 atom stereocenters. The van der Waals surface area contributed by atoms with Gasteiger partial charge in [0.1, 0.15) is 5.60 Å². The smallest absolute Gasteiger partial charge is 0.416 e. The summed E-state index contributed by atoms with van der Waals surface area (Å²) in [5.41, 5.74) is -1.85. The summed E-state index contributed by atoms with van der Waals surface area (Å²) in [6.07, 6.45) is -4.55. The molecule has 180 valence electrons. The zero-order chi connectivity index (χ0) is 25.1. The first-order chi connectivity index (χ1) is 15.8. The second-order valence-electron chi connectivity index (χ2n) is 8.43. The minimum absolute atomic E-state index is 0.0532. The maximum absolute atomic E-state index is 13.2. The molecule has 2 aromatic carbocycles. The maximum atomic E-state index is 13.2. The van der Waals surface area contributed by atoms with Crippen LogP contribution >= 0.6 is 0 Å². The van der Waals surface area contributed by atoms with Gasteiger partial charge in [-0.3, -0.25) is 19.6 Å². The standard InChI is InChI=1S/C23H23F3N4O4/c1-22(2,3)34-21(33)29-16-9-8-14(23(24,25)26)12-17(16)28-20(32)10-11-30-18-7-5-4-6-15(18)19(31)13-27-30/h4-9,12-13H,10-11H2,1-3H3,(H,28,32)(H,29,33). The van der Waals surface area contributed by atoms with Crippen molar-refractivity contribution in [3.05, 3.63) is 64.4 Å². The number of amides is 2. The number of nitrogens with zero attached hydrogens (tertiary/aromatic N) is 2. The molecule has 11 heteroatoms. The van der Waals surface area contributed by atoms with E-state index in [1.165, 1.54) is 4.68 Å². The second-order valence-corrected chi connectivity index (χ2v) is 8.43. The number of rotatable bonds is 5. The Morgan fingerprint density at radius 3 is 2.41 bits per heavy atom. The van der Waals surface area contributed by atoms with Gasteiger partial charge in [0, 0.05) is 11.8 Å². The van der Waals surface area contributed by atoms with Crippen LogP contribution in [0, 0.1) is 0 Å². The van der Waals surface area contributed by atoms with E-state index < -0.39 is 29.3 Å². The molecule has 2 amide bonds. The third kappa shape index (κ3) is 6.33. The molecule has 0 fully saturated rings. The molecule has 8 nitrogen and oxygen atoms in total. The molecule has 0 saturated heterocycles. The zero-order valence-electron chi connectivity index (χ0n) is 18.7. The van der Waals surface area contributed by atoms with E-state index in [1.807, 2.05) is 0 Å². The molecule has 0 saturated carbocycles. The molecular weight excluding hydrogens is 453 g/mol. The van der Waals surface area contributed by atoms with E-state index in [-0.39, 0.29) is 29.8 Å². The van der Waals surface area contributed by atoms with Gasteiger partial charge >= 0.3 is 12.3 Å². The van der Waals surface area contributed by atoms with Crippen molar-refractivity contribution in [1.29, 1.82) is 0 Å². The van der Waals surface area contributed by atoms with Gasteiger partial charge in [-0.15, -0.1) is 0 Å². The fraction of sp³-hybridized carbons (Fsp3) is 0.304. The average Bonchev–Trinajstić information content (AvgIpc) is 2.72. The number of carbonyl (C=O) groups excluding carboxylic acids is 2. The van der Waals surface area contributed by atoms with Crippen molar-refractivity contribution in [2.24, 2.45) is 0 Å². The molecule has 0 aliphatic carbocycles. The van der Waals surface area contributed by atoms with E-state index in [4.69, 9.17) is 4.74 Å². The fourth-order valence-corrected chi connectivity index (χ4v) is 3.11. The lowest BCUT2D eigenvalue weighted by Crippen LogP contribution is -2.27. The highest BCUT2D eigenvalue weighted by molar-refractivity contribution is 5.98. The number of hydrogen-bond donors (Lipinski definition) is 2. The number of ether oxygens (including phenoxy) is 1. The van der Waals surface area contributed by atoms with Crippen LogP contribution < -0.4 is 16.1 Å². The Hall–Kier alpha value is -3.89. The van der Waals surface area contributed by atoms with Crippen LogP contribution in [0.15, 0.2) is 53.5 Å². The third-order valence-electron chi connectivity index (χ3n) is 4.57. The number of carbonyl (C=O) groups is 2. The number of para-hydroxylation sites is 1. The van der Waals surface area contributed by atoms with Crippen molar-refractivity contribution in [2.45, 2.75) is 45.5 Å². The van der Waals surface area contributed by atoms with E-state index in [2.05, 4.69) is 15.7 Å². The molecule has 0 aliphatic heterocycles. The second kappa shape index (κ2) is 9.54. The number of aryl methyl sites for hydroxylation is 1. The molecule has 0 aliphatic rings. The SMILES string of the molecule is CC(C)(C)OC(=O)Nc1ccc(C(F)(F)F)cc1NC(=O)CCn1ncc(=O)c2ccccc21. The predicted molar refractivity (Wildman–Crippen MR) is 121 cm³/mol. The lowest BCUT2D eigenvalue weighted by atomic mass is 10.1. The van der Waals surface area contributed by atoms with Crippen molar-refractivity contribution < 1.29 is 27.5 Å². The summed E-state index contributed by atoms with van der Waals surface area (Å²) in [6, 6.07) is 9.30. The first kappa shape index (κ1) is 24.7. The van der Waals surface area contributed by atoms with Gasteiger partial charge in [0.15, 0.2) is 0 Å².